The number of likely N-dealkylation sites (tertiary alicyclic amines) is 1. The highest BCUT2D eigenvalue weighted by molar-refractivity contribution is 7.90. The van der Waals surface area contributed by atoms with Crippen molar-refractivity contribution in [3.8, 4) is 0 Å². The third-order valence-electron chi connectivity index (χ3n) is 6.19. The standard InChI is InChI=1S/C21H33N3O4S/c1-15-4-5-16(2)18(10-15)14-24-8-6-17(7-9-24)12-23-29(26,27)19-11-20(22-13-19)21(25)28-3/h4-5,10,17,19-20,22-23H,6-9,11-14H2,1-3H3. The van der Waals surface area contributed by atoms with Crippen LogP contribution in [0.3, 0.4) is 0 Å². The lowest BCUT2D eigenvalue weighted by Crippen LogP contribution is -2.41. The van der Waals surface area contributed by atoms with Gasteiger partial charge in [0.25, 0.3) is 0 Å². The number of sulfonamides is 1. The Morgan fingerprint density at radius 3 is 2.69 bits per heavy atom. The SMILES string of the molecule is COC(=O)C1CC(S(=O)(=O)NCC2CCN(Cc3cc(C)ccc3C)CC2)CN1. The van der Waals surface area contributed by atoms with Crippen molar-refractivity contribution < 1.29 is 17.9 Å². The van der Waals surface area contributed by atoms with Crippen LogP contribution in [0.15, 0.2) is 18.2 Å². The second kappa shape index (κ2) is 9.55. The first-order valence-electron chi connectivity index (χ1n) is 10.4. The molecule has 3 rings (SSSR count). The highest BCUT2D eigenvalue weighted by Gasteiger charge is 2.37. The van der Waals surface area contributed by atoms with Gasteiger partial charge in [-0.05, 0) is 63.2 Å². The molecule has 2 aliphatic heterocycles. The molecule has 2 aliphatic rings. The predicted molar refractivity (Wildman–Crippen MR) is 113 cm³/mol. The number of carbonyl (C=O) groups is 1. The molecule has 162 valence electrons. The first-order chi connectivity index (χ1) is 13.8. The van der Waals surface area contributed by atoms with Gasteiger partial charge in [0.15, 0.2) is 0 Å². The Hall–Kier alpha value is -1.48. The second-order valence-corrected chi connectivity index (χ2v) is 10.4. The summed E-state index contributed by atoms with van der Waals surface area (Å²) < 4.78 is 32.7. The Bertz CT molecular complexity index is 819. The van der Waals surface area contributed by atoms with E-state index >= 15 is 0 Å². The van der Waals surface area contributed by atoms with Gasteiger partial charge in [0.05, 0.1) is 12.4 Å². The maximum Gasteiger partial charge on any atom is 0.322 e. The summed E-state index contributed by atoms with van der Waals surface area (Å²) in [6.07, 6.45) is 2.23. The number of methoxy groups -OCH3 is 1. The van der Waals surface area contributed by atoms with Crippen LogP contribution in [-0.2, 0) is 26.1 Å². The van der Waals surface area contributed by atoms with Crippen LogP contribution in [0.1, 0.15) is 36.0 Å². The molecule has 7 nitrogen and oxygen atoms in total. The van der Waals surface area contributed by atoms with Crippen molar-refractivity contribution >= 4 is 16.0 Å². The van der Waals surface area contributed by atoms with Crippen molar-refractivity contribution in [1.82, 2.24) is 14.9 Å². The molecule has 0 radical (unpaired) electrons. The Kier molecular flexibility index (Phi) is 7.32. The molecular formula is C21H33N3O4S. The van der Waals surface area contributed by atoms with Gasteiger partial charge in [0.1, 0.15) is 6.04 Å². The summed E-state index contributed by atoms with van der Waals surface area (Å²) in [4.78, 5) is 14.0. The fraction of sp³-hybridized carbons (Fsp3) is 0.667. The average molecular weight is 424 g/mol. The van der Waals surface area contributed by atoms with Crippen LogP contribution in [0.25, 0.3) is 0 Å². The summed E-state index contributed by atoms with van der Waals surface area (Å²) >= 11 is 0. The molecule has 2 unspecified atom stereocenters. The molecule has 8 heteroatoms. The van der Waals surface area contributed by atoms with Crippen molar-refractivity contribution in [1.29, 1.82) is 0 Å². The molecule has 0 saturated carbocycles. The quantitative estimate of drug-likeness (QED) is 0.644. The minimum atomic E-state index is -3.44. The van der Waals surface area contributed by atoms with Crippen LogP contribution < -0.4 is 10.0 Å². The molecule has 2 N–H and O–H groups in total. The fourth-order valence-electron chi connectivity index (χ4n) is 4.17. The van der Waals surface area contributed by atoms with Gasteiger partial charge in [-0.2, -0.15) is 0 Å². The van der Waals surface area contributed by atoms with Gasteiger partial charge < -0.3 is 10.1 Å². The number of hydrogen-bond donors (Lipinski definition) is 2. The van der Waals surface area contributed by atoms with E-state index < -0.39 is 27.3 Å². The first kappa shape index (κ1) is 22.2. The second-order valence-electron chi connectivity index (χ2n) is 8.38. The lowest BCUT2D eigenvalue weighted by Gasteiger charge is -2.32. The Morgan fingerprint density at radius 2 is 2.00 bits per heavy atom. The van der Waals surface area contributed by atoms with Gasteiger partial charge in [-0.25, -0.2) is 13.1 Å². The molecule has 0 aromatic heterocycles. The fourth-order valence-corrected chi connectivity index (χ4v) is 5.64. The van der Waals surface area contributed by atoms with E-state index in [4.69, 9.17) is 4.74 Å². The van der Waals surface area contributed by atoms with Crippen molar-refractivity contribution in [2.75, 3.05) is 33.3 Å². The normalized spacial score (nSPS) is 24.0. The summed E-state index contributed by atoms with van der Waals surface area (Å²) in [5, 5.41) is 2.35. The van der Waals surface area contributed by atoms with Crippen LogP contribution in [0.5, 0.6) is 0 Å². The van der Waals surface area contributed by atoms with E-state index in [0.29, 0.717) is 12.5 Å². The van der Waals surface area contributed by atoms with Gasteiger partial charge in [-0.15, -0.1) is 0 Å². The van der Waals surface area contributed by atoms with Crippen molar-refractivity contribution in [2.45, 2.75) is 50.9 Å². The van der Waals surface area contributed by atoms with Crippen molar-refractivity contribution in [2.24, 2.45) is 5.92 Å². The van der Waals surface area contributed by atoms with Crippen LogP contribution >= 0.6 is 0 Å². The molecule has 2 fully saturated rings. The number of esters is 1. The lowest BCUT2D eigenvalue weighted by molar-refractivity contribution is -0.142. The van der Waals surface area contributed by atoms with E-state index in [1.54, 1.807) is 0 Å². The molecule has 0 amide bonds. The smallest absolute Gasteiger partial charge is 0.322 e. The van der Waals surface area contributed by atoms with Crippen LogP contribution in [0.2, 0.25) is 0 Å². The van der Waals surface area contributed by atoms with Gasteiger partial charge in [0.2, 0.25) is 10.0 Å². The molecule has 0 spiro atoms. The molecule has 0 bridgehead atoms. The number of ether oxygens (including phenoxy) is 1. The Balaban J connectivity index is 1.44. The number of carbonyl (C=O) groups excluding carboxylic acids is 1. The number of aryl methyl sites for hydroxylation is 2. The van der Waals surface area contributed by atoms with Gasteiger partial charge in [-0.1, -0.05) is 23.8 Å². The summed E-state index contributed by atoms with van der Waals surface area (Å²) in [7, 11) is -2.12. The van der Waals surface area contributed by atoms with E-state index in [1.165, 1.54) is 23.8 Å². The minimum absolute atomic E-state index is 0.260. The zero-order valence-corrected chi connectivity index (χ0v) is 18.4. The highest BCUT2D eigenvalue weighted by atomic mass is 32.2. The molecule has 2 heterocycles. The molecule has 2 atom stereocenters. The number of hydrogen-bond acceptors (Lipinski definition) is 6. The zero-order chi connectivity index (χ0) is 21.0. The number of piperidine rings is 1. The van der Waals surface area contributed by atoms with Crippen LogP contribution in [-0.4, -0.2) is 63.9 Å². The third-order valence-corrected chi connectivity index (χ3v) is 8.00. The monoisotopic (exact) mass is 423 g/mol. The maximum atomic E-state index is 12.6. The van der Waals surface area contributed by atoms with Crippen LogP contribution in [0, 0.1) is 19.8 Å². The number of nitrogens with zero attached hydrogens (tertiary/aromatic N) is 1. The maximum absolute atomic E-state index is 12.6. The van der Waals surface area contributed by atoms with Crippen LogP contribution in [0.4, 0.5) is 0 Å². The summed E-state index contributed by atoms with van der Waals surface area (Å²) in [6, 6.07) is 6.04. The minimum Gasteiger partial charge on any atom is -0.468 e. The summed E-state index contributed by atoms with van der Waals surface area (Å²) in [6.45, 7) is 7.94. The third kappa shape index (κ3) is 5.78. The van der Waals surface area contributed by atoms with Gasteiger partial charge >= 0.3 is 5.97 Å². The van der Waals surface area contributed by atoms with E-state index in [1.807, 2.05) is 0 Å². The summed E-state index contributed by atoms with van der Waals surface area (Å²) in [5.74, 6) is -0.0516. The topological polar surface area (TPSA) is 87.7 Å². The van der Waals surface area contributed by atoms with E-state index in [-0.39, 0.29) is 13.0 Å². The van der Waals surface area contributed by atoms with E-state index in [2.05, 4.69) is 47.0 Å². The molecule has 29 heavy (non-hydrogen) atoms. The average Bonchev–Trinajstić information content (AvgIpc) is 3.21. The molecule has 0 aliphatic carbocycles. The van der Waals surface area contributed by atoms with E-state index in [9.17, 15) is 13.2 Å². The largest absolute Gasteiger partial charge is 0.468 e. The first-order valence-corrected chi connectivity index (χ1v) is 11.9. The molecule has 1 aromatic rings. The molecule has 2 saturated heterocycles. The predicted octanol–water partition coefficient (Wildman–Crippen LogP) is 1.34. The molecule has 1 aromatic carbocycles. The zero-order valence-electron chi connectivity index (χ0n) is 17.6. The number of benzene rings is 1. The van der Waals surface area contributed by atoms with Crippen molar-refractivity contribution in [3.05, 3.63) is 34.9 Å². The van der Waals surface area contributed by atoms with Crippen molar-refractivity contribution in [3.63, 3.8) is 0 Å². The number of nitrogens with one attached hydrogen (secondary N) is 2. The number of rotatable bonds is 7. The van der Waals surface area contributed by atoms with Gasteiger partial charge in [-0.3, -0.25) is 9.69 Å². The van der Waals surface area contributed by atoms with Gasteiger partial charge in [0, 0.05) is 19.6 Å². The highest BCUT2D eigenvalue weighted by Crippen LogP contribution is 2.21. The van der Waals surface area contributed by atoms with E-state index in [0.717, 1.165) is 32.5 Å². The Morgan fingerprint density at radius 1 is 1.28 bits per heavy atom. The summed E-state index contributed by atoms with van der Waals surface area (Å²) in [5.41, 5.74) is 3.98. The Labute approximate surface area is 174 Å². The lowest BCUT2D eigenvalue weighted by atomic mass is 9.96. The molecular weight excluding hydrogens is 390 g/mol.